The standard InChI is InChI=1S/C31H25F3N6.C2HF3O2/c32-31(33,34)26-8-9-27-28(17-26)38-30(37-27)25-6-2-5-24(16-25)23-4-1-3-21(15-23)20-39-11-13-40(14-12-39)29-10-7-22(18-35)19-36-29;3-2(4,5)1(6)7/h1-10,15-17,19H,11-14,20H2,(H,37,38);(H,6,7). The molecule has 0 spiro atoms. The second-order valence-electron chi connectivity index (χ2n) is 10.7. The van der Waals surface area contributed by atoms with Gasteiger partial charge in [0.05, 0.1) is 22.2 Å². The van der Waals surface area contributed by atoms with Crippen molar-refractivity contribution in [3.05, 3.63) is 102 Å². The average Bonchev–Trinajstić information content (AvgIpc) is 3.49. The van der Waals surface area contributed by atoms with Gasteiger partial charge in [0.2, 0.25) is 0 Å². The summed E-state index contributed by atoms with van der Waals surface area (Å²) in [5, 5.41) is 16.1. The number of aromatic nitrogens is 3. The molecular weight excluding hydrogens is 626 g/mol. The van der Waals surface area contributed by atoms with Gasteiger partial charge in [-0.2, -0.15) is 31.6 Å². The van der Waals surface area contributed by atoms with Gasteiger partial charge in [-0.3, -0.25) is 4.90 Å². The third kappa shape index (κ3) is 8.25. The van der Waals surface area contributed by atoms with E-state index in [-0.39, 0.29) is 0 Å². The molecule has 8 nitrogen and oxygen atoms in total. The number of aromatic amines is 1. The number of carboxylic acids is 1. The summed E-state index contributed by atoms with van der Waals surface area (Å²) in [6.45, 7) is 4.37. The van der Waals surface area contributed by atoms with Gasteiger partial charge in [0, 0.05) is 44.5 Å². The minimum absolute atomic E-state index is 0.354. The van der Waals surface area contributed by atoms with Crippen LogP contribution in [0.5, 0.6) is 0 Å². The topological polar surface area (TPSA) is 109 Å². The van der Waals surface area contributed by atoms with Crippen molar-refractivity contribution in [1.29, 1.82) is 5.26 Å². The van der Waals surface area contributed by atoms with E-state index < -0.39 is 23.9 Å². The number of imidazole rings is 1. The Balaban J connectivity index is 0.000000559. The van der Waals surface area contributed by atoms with Crippen LogP contribution in [0.25, 0.3) is 33.5 Å². The number of hydrogen-bond donors (Lipinski definition) is 2. The third-order valence-corrected chi connectivity index (χ3v) is 7.43. The van der Waals surface area contributed by atoms with Crippen molar-refractivity contribution in [3.63, 3.8) is 0 Å². The number of anilines is 1. The van der Waals surface area contributed by atoms with Crippen LogP contribution in [-0.4, -0.2) is 63.3 Å². The van der Waals surface area contributed by atoms with Gasteiger partial charge in [0.15, 0.2) is 0 Å². The van der Waals surface area contributed by atoms with Gasteiger partial charge in [0.25, 0.3) is 0 Å². The van der Waals surface area contributed by atoms with Crippen molar-refractivity contribution in [1.82, 2.24) is 19.9 Å². The Morgan fingerprint density at radius 1 is 0.872 bits per heavy atom. The zero-order chi connectivity index (χ0) is 33.8. The number of alkyl halides is 6. The highest BCUT2D eigenvalue weighted by Crippen LogP contribution is 2.32. The summed E-state index contributed by atoms with van der Waals surface area (Å²) < 4.78 is 71.1. The van der Waals surface area contributed by atoms with Crippen molar-refractivity contribution >= 4 is 22.8 Å². The number of carboxylic acid groups (broad SMARTS) is 1. The molecule has 6 rings (SSSR count). The van der Waals surface area contributed by atoms with E-state index in [1.165, 1.54) is 11.6 Å². The van der Waals surface area contributed by atoms with Crippen LogP contribution in [0.1, 0.15) is 16.7 Å². The number of carbonyl (C=O) groups is 1. The monoisotopic (exact) mass is 652 g/mol. The number of nitrogens with one attached hydrogen (secondary N) is 1. The molecule has 1 fully saturated rings. The lowest BCUT2D eigenvalue weighted by molar-refractivity contribution is -0.192. The van der Waals surface area contributed by atoms with Crippen LogP contribution in [0.15, 0.2) is 85.1 Å². The van der Waals surface area contributed by atoms with Gasteiger partial charge in [-0.15, -0.1) is 0 Å². The predicted octanol–water partition coefficient (Wildman–Crippen LogP) is 7.14. The van der Waals surface area contributed by atoms with Crippen molar-refractivity contribution in [2.75, 3.05) is 31.1 Å². The summed E-state index contributed by atoms with van der Waals surface area (Å²) in [5.74, 6) is -1.33. The molecule has 242 valence electrons. The number of piperazine rings is 1. The zero-order valence-electron chi connectivity index (χ0n) is 24.5. The maximum absolute atomic E-state index is 13.1. The summed E-state index contributed by atoms with van der Waals surface area (Å²) in [5.41, 5.74) is 4.79. The molecule has 47 heavy (non-hydrogen) atoms. The first kappa shape index (κ1) is 33.0. The summed E-state index contributed by atoms with van der Waals surface area (Å²) in [6, 6.07) is 25.6. The molecule has 0 amide bonds. The zero-order valence-corrected chi connectivity index (χ0v) is 24.5. The number of nitrogens with zero attached hydrogens (tertiary/aromatic N) is 5. The summed E-state index contributed by atoms with van der Waals surface area (Å²) in [6.07, 6.45) is -7.87. The summed E-state index contributed by atoms with van der Waals surface area (Å²) in [4.78, 5) is 25.5. The number of pyridine rings is 1. The lowest BCUT2D eigenvalue weighted by Gasteiger charge is -2.35. The summed E-state index contributed by atoms with van der Waals surface area (Å²) >= 11 is 0. The highest BCUT2D eigenvalue weighted by atomic mass is 19.4. The van der Waals surface area contributed by atoms with Crippen LogP contribution >= 0.6 is 0 Å². The fourth-order valence-electron chi connectivity index (χ4n) is 5.05. The van der Waals surface area contributed by atoms with Crippen molar-refractivity contribution < 1.29 is 36.2 Å². The number of hydrogen-bond acceptors (Lipinski definition) is 6. The number of nitriles is 1. The average molecular weight is 653 g/mol. The van der Waals surface area contributed by atoms with Gasteiger partial charge in [0.1, 0.15) is 17.7 Å². The second-order valence-corrected chi connectivity index (χ2v) is 10.7. The van der Waals surface area contributed by atoms with Crippen LogP contribution in [0.2, 0.25) is 0 Å². The maximum atomic E-state index is 13.1. The minimum Gasteiger partial charge on any atom is -0.475 e. The first-order valence-electron chi connectivity index (χ1n) is 14.2. The Labute approximate surface area is 264 Å². The van der Waals surface area contributed by atoms with E-state index >= 15 is 0 Å². The Morgan fingerprint density at radius 3 is 2.15 bits per heavy atom. The number of halogens is 6. The normalized spacial score (nSPS) is 13.9. The SMILES string of the molecule is N#Cc1ccc(N2CCN(Cc3cccc(-c4cccc(-c5nc6ccc(C(F)(F)F)cc6[nH]5)c4)c3)CC2)nc1.O=C(O)C(F)(F)F. The molecule has 0 unspecified atom stereocenters. The maximum Gasteiger partial charge on any atom is 0.490 e. The van der Waals surface area contributed by atoms with E-state index in [4.69, 9.17) is 15.2 Å². The Hall–Kier alpha value is -5.42. The lowest BCUT2D eigenvalue weighted by atomic mass is 10.0. The van der Waals surface area contributed by atoms with E-state index in [2.05, 4.69) is 49.0 Å². The Morgan fingerprint density at radius 2 is 1.53 bits per heavy atom. The van der Waals surface area contributed by atoms with Crippen LogP contribution < -0.4 is 4.90 Å². The first-order chi connectivity index (χ1) is 22.3. The van der Waals surface area contributed by atoms with E-state index in [1.807, 2.05) is 36.4 Å². The molecule has 5 aromatic rings. The fourth-order valence-corrected chi connectivity index (χ4v) is 5.05. The lowest BCUT2D eigenvalue weighted by Crippen LogP contribution is -2.46. The number of fused-ring (bicyclic) bond motifs is 1. The van der Waals surface area contributed by atoms with E-state index in [0.29, 0.717) is 22.4 Å². The second kappa shape index (κ2) is 13.5. The van der Waals surface area contributed by atoms with Crippen LogP contribution in [0, 0.1) is 11.3 Å². The number of rotatable bonds is 5. The Bertz CT molecular complexity index is 1910. The van der Waals surface area contributed by atoms with Crippen LogP contribution in [0.3, 0.4) is 0 Å². The van der Waals surface area contributed by atoms with Crippen molar-refractivity contribution in [2.45, 2.75) is 18.9 Å². The summed E-state index contributed by atoms with van der Waals surface area (Å²) in [7, 11) is 0. The van der Waals surface area contributed by atoms with Crippen molar-refractivity contribution in [3.8, 4) is 28.6 Å². The molecule has 14 heteroatoms. The smallest absolute Gasteiger partial charge is 0.475 e. The third-order valence-electron chi connectivity index (χ3n) is 7.43. The van der Waals surface area contributed by atoms with Gasteiger partial charge < -0.3 is 15.0 Å². The molecule has 1 saturated heterocycles. The number of H-pyrrole nitrogens is 1. The molecule has 2 N–H and O–H groups in total. The molecule has 3 heterocycles. The van der Waals surface area contributed by atoms with E-state index in [0.717, 1.165) is 67.4 Å². The molecule has 3 aromatic carbocycles. The molecular formula is C33H26F6N6O2. The predicted molar refractivity (Wildman–Crippen MR) is 162 cm³/mol. The highest BCUT2D eigenvalue weighted by Gasteiger charge is 2.38. The quantitative estimate of drug-likeness (QED) is 0.194. The number of benzene rings is 3. The van der Waals surface area contributed by atoms with Crippen LogP contribution in [0.4, 0.5) is 32.2 Å². The van der Waals surface area contributed by atoms with Crippen LogP contribution in [-0.2, 0) is 17.5 Å². The van der Waals surface area contributed by atoms with Crippen molar-refractivity contribution in [2.24, 2.45) is 0 Å². The van der Waals surface area contributed by atoms with E-state index in [9.17, 15) is 26.3 Å². The molecule has 2 aromatic heterocycles. The van der Waals surface area contributed by atoms with E-state index in [1.54, 1.807) is 12.3 Å². The van der Waals surface area contributed by atoms with Gasteiger partial charge in [-0.25, -0.2) is 14.8 Å². The molecule has 0 atom stereocenters. The first-order valence-corrected chi connectivity index (χ1v) is 14.2. The molecule has 0 bridgehead atoms. The van der Waals surface area contributed by atoms with Gasteiger partial charge in [-0.05, 0) is 59.2 Å². The molecule has 1 aliphatic heterocycles. The Kier molecular flexibility index (Phi) is 9.48. The fraction of sp³-hybridized carbons (Fsp3) is 0.212. The largest absolute Gasteiger partial charge is 0.490 e. The minimum atomic E-state index is -5.08. The van der Waals surface area contributed by atoms with Gasteiger partial charge in [-0.1, -0.05) is 36.4 Å². The molecule has 0 saturated carbocycles. The molecule has 0 aliphatic carbocycles. The highest BCUT2D eigenvalue weighted by molar-refractivity contribution is 5.81. The molecule has 1 aliphatic rings. The van der Waals surface area contributed by atoms with Gasteiger partial charge >= 0.3 is 18.3 Å². The number of aliphatic carboxylic acids is 1. The molecule has 0 radical (unpaired) electrons.